The lowest BCUT2D eigenvalue weighted by atomic mass is 10.1. The van der Waals surface area contributed by atoms with Crippen LogP contribution in [0.4, 0.5) is 0 Å². The standard InChI is InChI=1S/C10H19NO3/c1-4-5-8(3)11-9(12)6-7(2)10(13)14/h7-8H,4-6H2,1-3H3,(H,11,12)(H,13,14). The number of carboxylic acid groups (broad SMARTS) is 1. The minimum absolute atomic E-state index is 0.0589. The number of amides is 1. The van der Waals surface area contributed by atoms with Gasteiger partial charge in [0.1, 0.15) is 0 Å². The molecule has 2 atom stereocenters. The van der Waals surface area contributed by atoms with E-state index in [0.717, 1.165) is 12.8 Å². The van der Waals surface area contributed by atoms with Crippen LogP contribution in [-0.4, -0.2) is 23.0 Å². The SMILES string of the molecule is CCCC(C)NC(=O)CC(C)C(=O)O. The molecule has 0 bridgehead atoms. The first kappa shape index (κ1) is 12.9. The van der Waals surface area contributed by atoms with E-state index in [-0.39, 0.29) is 18.4 Å². The number of carbonyl (C=O) groups excluding carboxylic acids is 1. The van der Waals surface area contributed by atoms with Crippen LogP contribution in [0, 0.1) is 5.92 Å². The average molecular weight is 201 g/mol. The summed E-state index contributed by atoms with van der Waals surface area (Å²) >= 11 is 0. The molecule has 0 aromatic carbocycles. The number of nitrogens with one attached hydrogen (secondary N) is 1. The largest absolute Gasteiger partial charge is 0.481 e. The van der Waals surface area contributed by atoms with Gasteiger partial charge in [-0.1, -0.05) is 20.3 Å². The van der Waals surface area contributed by atoms with E-state index in [1.165, 1.54) is 6.92 Å². The summed E-state index contributed by atoms with van der Waals surface area (Å²) in [5, 5.41) is 11.4. The van der Waals surface area contributed by atoms with Crippen LogP contribution in [0.3, 0.4) is 0 Å². The van der Waals surface area contributed by atoms with Crippen molar-refractivity contribution in [2.24, 2.45) is 5.92 Å². The second kappa shape index (κ2) is 6.40. The molecule has 4 heteroatoms. The maximum atomic E-state index is 11.3. The zero-order chi connectivity index (χ0) is 11.1. The smallest absolute Gasteiger partial charge is 0.306 e. The van der Waals surface area contributed by atoms with E-state index >= 15 is 0 Å². The third kappa shape index (κ3) is 5.56. The van der Waals surface area contributed by atoms with Crippen molar-refractivity contribution < 1.29 is 14.7 Å². The molecule has 0 saturated heterocycles. The maximum Gasteiger partial charge on any atom is 0.306 e. The first-order valence-corrected chi connectivity index (χ1v) is 4.99. The minimum Gasteiger partial charge on any atom is -0.481 e. The van der Waals surface area contributed by atoms with Gasteiger partial charge >= 0.3 is 5.97 Å². The van der Waals surface area contributed by atoms with E-state index in [1.807, 2.05) is 13.8 Å². The molecule has 4 nitrogen and oxygen atoms in total. The van der Waals surface area contributed by atoms with E-state index in [9.17, 15) is 9.59 Å². The number of hydrogen-bond donors (Lipinski definition) is 2. The predicted molar refractivity (Wildman–Crippen MR) is 53.9 cm³/mol. The lowest BCUT2D eigenvalue weighted by Gasteiger charge is -2.13. The lowest BCUT2D eigenvalue weighted by molar-refractivity contribution is -0.143. The summed E-state index contributed by atoms with van der Waals surface area (Å²) in [4.78, 5) is 21.7. The molecule has 0 saturated carbocycles. The zero-order valence-corrected chi connectivity index (χ0v) is 9.04. The first-order chi connectivity index (χ1) is 6.47. The second-order valence-electron chi connectivity index (χ2n) is 3.70. The quantitative estimate of drug-likeness (QED) is 0.682. The Morgan fingerprint density at radius 2 is 1.93 bits per heavy atom. The van der Waals surface area contributed by atoms with Gasteiger partial charge in [0.2, 0.25) is 5.91 Å². The Bertz CT molecular complexity index is 204. The van der Waals surface area contributed by atoms with Gasteiger partial charge in [0, 0.05) is 12.5 Å². The highest BCUT2D eigenvalue weighted by molar-refractivity contribution is 5.82. The van der Waals surface area contributed by atoms with Gasteiger partial charge in [0.15, 0.2) is 0 Å². The highest BCUT2D eigenvalue weighted by atomic mass is 16.4. The summed E-state index contributed by atoms with van der Waals surface area (Å²) in [6.45, 7) is 5.50. The van der Waals surface area contributed by atoms with Crippen molar-refractivity contribution >= 4 is 11.9 Å². The van der Waals surface area contributed by atoms with Crippen molar-refractivity contribution in [1.82, 2.24) is 5.32 Å². The summed E-state index contributed by atoms with van der Waals surface area (Å²) in [7, 11) is 0. The van der Waals surface area contributed by atoms with Gasteiger partial charge in [-0.3, -0.25) is 9.59 Å². The molecule has 0 fully saturated rings. The molecule has 0 rings (SSSR count). The number of rotatable bonds is 6. The van der Waals surface area contributed by atoms with Gasteiger partial charge in [0.25, 0.3) is 0 Å². The van der Waals surface area contributed by atoms with Gasteiger partial charge in [0.05, 0.1) is 5.92 Å². The Hall–Kier alpha value is -1.06. The van der Waals surface area contributed by atoms with Gasteiger partial charge in [-0.15, -0.1) is 0 Å². The molecule has 14 heavy (non-hydrogen) atoms. The van der Waals surface area contributed by atoms with Crippen LogP contribution in [0.1, 0.15) is 40.0 Å². The van der Waals surface area contributed by atoms with Crippen LogP contribution in [0.25, 0.3) is 0 Å². The molecule has 0 aromatic heterocycles. The van der Waals surface area contributed by atoms with Crippen molar-refractivity contribution in [2.45, 2.75) is 46.1 Å². The Labute approximate surface area is 84.7 Å². The predicted octanol–water partition coefficient (Wildman–Crippen LogP) is 1.40. The third-order valence-corrected chi connectivity index (χ3v) is 2.04. The number of aliphatic carboxylic acids is 1. The fourth-order valence-corrected chi connectivity index (χ4v) is 1.20. The Morgan fingerprint density at radius 3 is 2.36 bits per heavy atom. The molecular weight excluding hydrogens is 182 g/mol. The van der Waals surface area contributed by atoms with Crippen molar-refractivity contribution in [3.8, 4) is 0 Å². The molecule has 82 valence electrons. The van der Waals surface area contributed by atoms with Crippen LogP contribution in [0.2, 0.25) is 0 Å². The molecule has 0 aliphatic rings. The topological polar surface area (TPSA) is 66.4 Å². The zero-order valence-electron chi connectivity index (χ0n) is 9.04. The van der Waals surface area contributed by atoms with E-state index in [1.54, 1.807) is 0 Å². The first-order valence-electron chi connectivity index (χ1n) is 4.99. The molecule has 0 radical (unpaired) electrons. The molecule has 1 amide bonds. The van der Waals surface area contributed by atoms with Crippen LogP contribution in [0.5, 0.6) is 0 Å². The maximum absolute atomic E-state index is 11.3. The van der Waals surface area contributed by atoms with Gasteiger partial charge in [-0.2, -0.15) is 0 Å². The monoisotopic (exact) mass is 201 g/mol. The summed E-state index contributed by atoms with van der Waals surface area (Å²) in [5.41, 5.74) is 0. The molecule has 0 aromatic rings. The van der Waals surface area contributed by atoms with Gasteiger partial charge < -0.3 is 10.4 Å². The van der Waals surface area contributed by atoms with Crippen LogP contribution >= 0.6 is 0 Å². The van der Waals surface area contributed by atoms with Crippen LogP contribution in [-0.2, 0) is 9.59 Å². The Balaban J connectivity index is 3.80. The van der Waals surface area contributed by atoms with Crippen LogP contribution < -0.4 is 5.32 Å². The molecule has 0 aliphatic heterocycles. The average Bonchev–Trinajstić information content (AvgIpc) is 2.03. The number of hydrogen-bond acceptors (Lipinski definition) is 2. The lowest BCUT2D eigenvalue weighted by Crippen LogP contribution is -2.34. The van der Waals surface area contributed by atoms with E-state index in [4.69, 9.17) is 5.11 Å². The fourth-order valence-electron chi connectivity index (χ4n) is 1.20. The summed E-state index contributed by atoms with van der Waals surface area (Å²) in [6, 6.07) is 0.133. The number of carboxylic acids is 1. The van der Waals surface area contributed by atoms with Crippen molar-refractivity contribution in [3.63, 3.8) is 0 Å². The van der Waals surface area contributed by atoms with Crippen LogP contribution in [0.15, 0.2) is 0 Å². The Morgan fingerprint density at radius 1 is 1.36 bits per heavy atom. The summed E-state index contributed by atoms with van der Waals surface area (Å²) in [6.07, 6.45) is 1.99. The van der Waals surface area contributed by atoms with Gasteiger partial charge in [-0.05, 0) is 13.3 Å². The number of carbonyl (C=O) groups is 2. The van der Waals surface area contributed by atoms with Gasteiger partial charge in [-0.25, -0.2) is 0 Å². The van der Waals surface area contributed by atoms with E-state index < -0.39 is 11.9 Å². The third-order valence-electron chi connectivity index (χ3n) is 2.04. The van der Waals surface area contributed by atoms with Crippen molar-refractivity contribution in [1.29, 1.82) is 0 Å². The highest BCUT2D eigenvalue weighted by Crippen LogP contribution is 2.02. The molecule has 0 heterocycles. The second-order valence-corrected chi connectivity index (χ2v) is 3.70. The fraction of sp³-hybridized carbons (Fsp3) is 0.800. The van der Waals surface area contributed by atoms with E-state index in [2.05, 4.69) is 5.32 Å². The highest BCUT2D eigenvalue weighted by Gasteiger charge is 2.16. The summed E-state index contributed by atoms with van der Waals surface area (Å²) < 4.78 is 0. The minimum atomic E-state index is -0.928. The Kier molecular flexibility index (Phi) is 5.92. The van der Waals surface area contributed by atoms with Crippen molar-refractivity contribution in [3.05, 3.63) is 0 Å². The molecule has 0 aliphatic carbocycles. The van der Waals surface area contributed by atoms with Crippen molar-refractivity contribution in [2.75, 3.05) is 0 Å². The van der Waals surface area contributed by atoms with E-state index in [0.29, 0.717) is 0 Å². The summed E-state index contributed by atoms with van der Waals surface area (Å²) in [5.74, 6) is -1.71. The molecule has 0 spiro atoms. The molecular formula is C10H19NO3. The normalized spacial score (nSPS) is 14.5. The molecule has 2 N–H and O–H groups in total. The molecule has 2 unspecified atom stereocenters.